The van der Waals surface area contributed by atoms with Crippen molar-refractivity contribution in [2.24, 2.45) is 5.10 Å². The summed E-state index contributed by atoms with van der Waals surface area (Å²) in [5, 5.41) is 24.1. The topological polar surface area (TPSA) is 63.3 Å². The first kappa shape index (κ1) is 18.5. The van der Waals surface area contributed by atoms with Crippen LogP contribution in [0.5, 0.6) is 5.75 Å². The van der Waals surface area contributed by atoms with Crippen LogP contribution in [0.2, 0.25) is 5.02 Å². The zero-order valence-electron chi connectivity index (χ0n) is 14.3. The average molecular weight is 387 g/mol. The molecule has 7 heteroatoms. The van der Waals surface area contributed by atoms with Crippen molar-refractivity contribution in [3.63, 3.8) is 0 Å². The van der Waals surface area contributed by atoms with E-state index < -0.39 is 0 Å². The van der Waals surface area contributed by atoms with Crippen LogP contribution in [-0.4, -0.2) is 26.2 Å². The molecule has 0 atom stereocenters. The highest BCUT2D eigenvalue weighted by Crippen LogP contribution is 2.23. The Hall–Kier alpha value is -2.31. The molecule has 0 radical (unpaired) electrons. The van der Waals surface area contributed by atoms with E-state index >= 15 is 0 Å². The summed E-state index contributed by atoms with van der Waals surface area (Å²) in [6.07, 6.45) is 3.46. The molecular weight excluding hydrogens is 368 g/mol. The number of aromatic nitrogens is 3. The lowest BCUT2D eigenvalue weighted by Crippen LogP contribution is -2.00. The largest absolute Gasteiger partial charge is 0.508 e. The third kappa shape index (κ3) is 4.86. The second-order valence-electron chi connectivity index (χ2n) is 5.72. The van der Waals surface area contributed by atoms with Gasteiger partial charge in [-0.15, -0.1) is 10.2 Å². The van der Waals surface area contributed by atoms with Crippen LogP contribution < -0.4 is 0 Å². The second-order valence-corrected chi connectivity index (χ2v) is 7.09. The van der Waals surface area contributed by atoms with E-state index in [0.717, 1.165) is 45.7 Å². The summed E-state index contributed by atoms with van der Waals surface area (Å²) in [6.45, 7) is 2.10. The zero-order valence-corrected chi connectivity index (χ0v) is 15.9. The fourth-order valence-corrected chi connectivity index (χ4v) is 3.33. The van der Waals surface area contributed by atoms with Crippen molar-refractivity contribution in [3.8, 4) is 5.75 Å². The van der Waals surface area contributed by atoms with Crippen molar-refractivity contribution in [2.45, 2.75) is 30.7 Å². The van der Waals surface area contributed by atoms with Crippen LogP contribution in [0.4, 0.5) is 0 Å². The predicted molar refractivity (Wildman–Crippen MR) is 106 cm³/mol. The molecule has 0 fully saturated rings. The van der Waals surface area contributed by atoms with Crippen molar-refractivity contribution < 1.29 is 5.11 Å². The number of hydrogen-bond donors (Lipinski definition) is 1. The van der Waals surface area contributed by atoms with Crippen LogP contribution in [0.3, 0.4) is 0 Å². The molecule has 0 bridgehead atoms. The van der Waals surface area contributed by atoms with Gasteiger partial charge in [0.15, 0.2) is 5.82 Å². The molecule has 3 rings (SSSR count). The Morgan fingerprint density at radius 1 is 1.19 bits per heavy atom. The standard InChI is InChI=1S/C19H19ClN4OS/c1-2-4-18-22-23-19(26-13-14-7-9-16(20)10-8-14)24(18)21-12-15-5-3-6-17(25)11-15/h3,5-12,25H,2,4,13H2,1H3/b21-12+. The molecule has 0 saturated heterocycles. The Balaban J connectivity index is 1.80. The highest BCUT2D eigenvalue weighted by atomic mass is 35.5. The first-order valence-electron chi connectivity index (χ1n) is 8.30. The molecular formula is C19H19ClN4OS. The van der Waals surface area contributed by atoms with Gasteiger partial charge in [0.1, 0.15) is 5.75 Å². The lowest BCUT2D eigenvalue weighted by molar-refractivity contribution is 0.475. The van der Waals surface area contributed by atoms with Gasteiger partial charge in [-0.3, -0.25) is 0 Å². The Kier molecular flexibility index (Phi) is 6.30. The minimum atomic E-state index is 0.212. The van der Waals surface area contributed by atoms with E-state index in [1.165, 1.54) is 0 Å². The molecule has 0 saturated carbocycles. The Labute approximate surface area is 161 Å². The maximum absolute atomic E-state index is 9.59. The summed E-state index contributed by atoms with van der Waals surface area (Å²) in [6, 6.07) is 14.7. The molecule has 3 aromatic rings. The van der Waals surface area contributed by atoms with Gasteiger partial charge < -0.3 is 5.11 Å². The summed E-state index contributed by atoms with van der Waals surface area (Å²) in [4.78, 5) is 0. The van der Waals surface area contributed by atoms with Gasteiger partial charge in [0, 0.05) is 17.2 Å². The van der Waals surface area contributed by atoms with Crippen LogP contribution in [0.1, 0.15) is 30.3 Å². The van der Waals surface area contributed by atoms with Gasteiger partial charge in [0.25, 0.3) is 0 Å². The molecule has 0 aliphatic carbocycles. The summed E-state index contributed by atoms with van der Waals surface area (Å²) >= 11 is 7.51. The third-order valence-corrected chi connectivity index (χ3v) is 4.87. The normalized spacial score (nSPS) is 11.3. The van der Waals surface area contributed by atoms with E-state index in [0.29, 0.717) is 0 Å². The fourth-order valence-electron chi connectivity index (χ4n) is 2.34. The van der Waals surface area contributed by atoms with Crippen molar-refractivity contribution in [2.75, 3.05) is 0 Å². The first-order valence-corrected chi connectivity index (χ1v) is 9.67. The zero-order chi connectivity index (χ0) is 18.4. The Bertz CT molecular complexity index is 893. The van der Waals surface area contributed by atoms with Gasteiger partial charge in [-0.2, -0.15) is 9.78 Å². The average Bonchev–Trinajstić information content (AvgIpc) is 3.02. The molecule has 0 spiro atoms. The number of benzene rings is 2. The molecule has 0 unspecified atom stereocenters. The molecule has 5 nitrogen and oxygen atoms in total. The number of hydrogen-bond acceptors (Lipinski definition) is 5. The van der Waals surface area contributed by atoms with Crippen molar-refractivity contribution in [3.05, 3.63) is 70.5 Å². The molecule has 134 valence electrons. The lowest BCUT2D eigenvalue weighted by Gasteiger charge is -2.04. The van der Waals surface area contributed by atoms with E-state index in [4.69, 9.17) is 11.6 Å². The minimum Gasteiger partial charge on any atom is -0.508 e. The van der Waals surface area contributed by atoms with E-state index in [1.807, 2.05) is 30.3 Å². The maximum atomic E-state index is 9.59. The number of phenols is 1. The van der Waals surface area contributed by atoms with Crippen molar-refractivity contribution >= 4 is 29.6 Å². The van der Waals surface area contributed by atoms with Crippen molar-refractivity contribution in [1.29, 1.82) is 0 Å². The smallest absolute Gasteiger partial charge is 0.212 e. The number of thioether (sulfide) groups is 1. The van der Waals surface area contributed by atoms with Crippen molar-refractivity contribution in [1.82, 2.24) is 14.9 Å². The van der Waals surface area contributed by atoms with Gasteiger partial charge in [-0.05, 0) is 41.8 Å². The highest BCUT2D eigenvalue weighted by Gasteiger charge is 2.11. The van der Waals surface area contributed by atoms with Crippen LogP contribution in [0.15, 0.2) is 58.8 Å². The van der Waals surface area contributed by atoms with E-state index in [1.54, 1.807) is 40.9 Å². The summed E-state index contributed by atoms with van der Waals surface area (Å²) in [5.41, 5.74) is 1.97. The number of aryl methyl sites for hydroxylation is 1. The van der Waals surface area contributed by atoms with Crippen LogP contribution >= 0.6 is 23.4 Å². The molecule has 1 heterocycles. The molecule has 0 aliphatic rings. The van der Waals surface area contributed by atoms with E-state index in [2.05, 4.69) is 22.2 Å². The number of nitrogens with zero attached hydrogens (tertiary/aromatic N) is 4. The minimum absolute atomic E-state index is 0.212. The molecule has 1 aromatic heterocycles. The number of halogens is 1. The molecule has 2 aromatic carbocycles. The van der Waals surface area contributed by atoms with Crippen LogP contribution in [-0.2, 0) is 12.2 Å². The van der Waals surface area contributed by atoms with Gasteiger partial charge in [0.05, 0.1) is 6.21 Å². The highest BCUT2D eigenvalue weighted by molar-refractivity contribution is 7.98. The van der Waals surface area contributed by atoms with E-state index in [9.17, 15) is 5.11 Å². The van der Waals surface area contributed by atoms with Gasteiger partial charge in [-0.1, -0.05) is 54.6 Å². The third-order valence-electron chi connectivity index (χ3n) is 3.62. The predicted octanol–water partition coefficient (Wildman–Crippen LogP) is 4.76. The van der Waals surface area contributed by atoms with Crippen LogP contribution in [0.25, 0.3) is 0 Å². The number of rotatable bonds is 7. The number of aromatic hydroxyl groups is 1. The Morgan fingerprint density at radius 3 is 2.73 bits per heavy atom. The van der Waals surface area contributed by atoms with Gasteiger partial charge in [-0.25, -0.2) is 0 Å². The lowest BCUT2D eigenvalue weighted by atomic mass is 10.2. The SMILES string of the molecule is CCCc1nnc(SCc2ccc(Cl)cc2)n1/N=C/c1cccc(O)c1. The quantitative estimate of drug-likeness (QED) is 0.469. The monoisotopic (exact) mass is 386 g/mol. The summed E-state index contributed by atoms with van der Waals surface area (Å²) in [5.74, 6) is 1.79. The molecule has 0 amide bonds. The number of phenolic OH excluding ortho intramolecular Hbond substituents is 1. The van der Waals surface area contributed by atoms with Gasteiger partial charge >= 0.3 is 0 Å². The van der Waals surface area contributed by atoms with Gasteiger partial charge in [0.2, 0.25) is 5.16 Å². The summed E-state index contributed by atoms with van der Waals surface area (Å²) in [7, 11) is 0. The molecule has 1 N–H and O–H groups in total. The Morgan fingerprint density at radius 2 is 2.00 bits per heavy atom. The van der Waals surface area contributed by atoms with Crippen LogP contribution in [0, 0.1) is 0 Å². The molecule has 0 aliphatic heterocycles. The second kappa shape index (κ2) is 8.87. The molecule has 26 heavy (non-hydrogen) atoms. The fraction of sp³-hybridized carbons (Fsp3) is 0.211. The summed E-state index contributed by atoms with van der Waals surface area (Å²) < 4.78 is 1.77. The maximum Gasteiger partial charge on any atom is 0.212 e. The van der Waals surface area contributed by atoms with E-state index in [-0.39, 0.29) is 5.75 Å². The first-order chi connectivity index (χ1) is 12.7.